The lowest BCUT2D eigenvalue weighted by Crippen LogP contribution is -2.03. The maximum absolute atomic E-state index is 12.4. The molecule has 0 fully saturated rings. The Morgan fingerprint density at radius 1 is 0.889 bits per heavy atom. The van der Waals surface area contributed by atoms with Gasteiger partial charge in [-0.25, -0.2) is 0 Å². The molecular weight excluding hydrogens is 237 g/mol. The van der Waals surface area contributed by atoms with Crippen LogP contribution < -0.4 is 0 Å². The highest BCUT2D eigenvalue weighted by Crippen LogP contribution is 2.31. The van der Waals surface area contributed by atoms with Crippen molar-refractivity contribution in [1.29, 1.82) is 0 Å². The first kappa shape index (κ1) is 12.3. The smallest absolute Gasteiger partial charge is 0.166 e. The zero-order chi connectivity index (χ0) is 13.2. The fourth-order valence-electron chi connectivity index (χ4n) is 1.64. The molecule has 90 valence electrons. The molecule has 18 heavy (non-hydrogen) atoms. The molecule has 3 heteroatoms. The predicted molar refractivity (Wildman–Crippen MR) is 64.8 cm³/mol. The molecule has 0 saturated heterocycles. The summed E-state index contributed by atoms with van der Waals surface area (Å²) in [5, 5.41) is 0. The van der Waals surface area contributed by atoms with Crippen LogP contribution in [0.3, 0.4) is 0 Å². The van der Waals surface area contributed by atoms with Gasteiger partial charge in [0.25, 0.3) is 0 Å². The molecule has 0 N–H and O–H groups in total. The average Bonchev–Trinajstić information content (AvgIpc) is 2.38. The molecule has 2 aromatic rings. The highest BCUT2D eigenvalue weighted by molar-refractivity contribution is 5.65. The topological polar surface area (TPSA) is 0 Å². The lowest BCUT2D eigenvalue weighted by Gasteiger charge is -2.08. The summed E-state index contributed by atoms with van der Waals surface area (Å²) < 4.78 is 37.2. The van der Waals surface area contributed by atoms with Crippen LogP contribution in [-0.2, 0) is 6.18 Å². The summed E-state index contributed by atoms with van der Waals surface area (Å²) >= 11 is 0. The third kappa shape index (κ3) is 2.54. The van der Waals surface area contributed by atoms with Crippen LogP contribution in [0.2, 0.25) is 0 Å². The van der Waals surface area contributed by atoms with E-state index < -0.39 is 11.7 Å². The second-order valence-corrected chi connectivity index (χ2v) is 3.80. The lowest BCUT2D eigenvalue weighted by atomic mass is 10.0. The molecular formula is C15H9F3. The van der Waals surface area contributed by atoms with Gasteiger partial charge < -0.3 is 0 Å². The number of hydrogen-bond donors (Lipinski definition) is 0. The van der Waals surface area contributed by atoms with Crippen molar-refractivity contribution in [2.45, 2.75) is 6.18 Å². The molecule has 0 heterocycles. The second kappa shape index (κ2) is 4.58. The van der Waals surface area contributed by atoms with Crippen molar-refractivity contribution < 1.29 is 13.2 Å². The standard InChI is InChI=1S/C15H9F3/c1-2-11-4-3-5-13(10-11)12-6-8-14(9-7-12)15(16,17)18/h1,3-10H. The summed E-state index contributed by atoms with van der Waals surface area (Å²) in [4.78, 5) is 0. The van der Waals surface area contributed by atoms with Crippen LogP contribution in [0.1, 0.15) is 11.1 Å². The summed E-state index contributed by atoms with van der Waals surface area (Å²) in [6.07, 6.45) is 0.973. The molecule has 2 rings (SSSR count). The molecule has 0 radical (unpaired) electrons. The van der Waals surface area contributed by atoms with E-state index in [1.807, 2.05) is 6.07 Å². The number of alkyl halides is 3. The lowest BCUT2D eigenvalue weighted by molar-refractivity contribution is -0.137. The molecule has 0 saturated carbocycles. The minimum atomic E-state index is -4.31. The van der Waals surface area contributed by atoms with Crippen molar-refractivity contribution in [3.05, 3.63) is 59.7 Å². The van der Waals surface area contributed by atoms with E-state index in [9.17, 15) is 13.2 Å². The van der Waals surface area contributed by atoms with Crippen LogP contribution in [0.4, 0.5) is 13.2 Å². The van der Waals surface area contributed by atoms with Gasteiger partial charge in [0.2, 0.25) is 0 Å². The fraction of sp³-hybridized carbons (Fsp3) is 0.0667. The van der Waals surface area contributed by atoms with Crippen molar-refractivity contribution in [2.75, 3.05) is 0 Å². The molecule has 0 aliphatic rings. The third-order valence-electron chi connectivity index (χ3n) is 2.57. The van der Waals surface area contributed by atoms with Crippen molar-refractivity contribution in [3.8, 4) is 23.5 Å². The molecule has 0 amide bonds. The van der Waals surface area contributed by atoms with E-state index in [-0.39, 0.29) is 0 Å². The molecule has 0 atom stereocenters. The van der Waals surface area contributed by atoms with Gasteiger partial charge in [-0.1, -0.05) is 30.2 Å². The summed E-state index contributed by atoms with van der Waals surface area (Å²) in [7, 11) is 0. The Kier molecular flexibility index (Phi) is 3.12. The van der Waals surface area contributed by atoms with Crippen LogP contribution in [-0.4, -0.2) is 0 Å². The molecule has 0 bridgehead atoms. The molecule has 0 unspecified atom stereocenters. The van der Waals surface area contributed by atoms with Gasteiger partial charge in [-0.15, -0.1) is 6.42 Å². The summed E-state index contributed by atoms with van der Waals surface area (Å²) in [5.74, 6) is 2.49. The molecule has 0 aliphatic carbocycles. The van der Waals surface area contributed by atoms with Gasteiger partial charge in [-0.05, 0) is 35.4 Å². The molecule has 0 aliphatic heterocycles. The highest BCUT2D eigenvalue weighted by Gasteiger charge is 2.29. The Hall–Kier alpha value is -2.21. The third-order valence-corrected chi connectivity index (χ3v) is 2.57. The number of rotatable bonds is 1. The minimum absolute atomic E-state index is 0.653. The quantitative estimate of drug-likeness (QED) is 0.656. The summed E-state index contributed by atoms with van der Waals surface area (Å²) in [6.45, 7) is 0. The number of halogens is 3. The first-order valence-corrected chi connectivity index (χ1v) is 5.25. The first-order valence-electron chi connectivity index (χ1n) is 5.25. The zero-order valence-corrected chi connectivity index (χ0v) is 9.33. The molecule has 0 aromatic heterocycles. The van der Waals surface area contributed by atoms with Crippen molar-refractivity contribution in [2.24, 2.45) is 0 Å². The second-order valence-electron chi connectivity index (χ2n) is 3.80. The Morgan fingerprint density at radius 3 is 2.11 bits per heavy atom. The zero-order valence-electron chi connectivity index (χ0n) is 9.33. The van der Waals surface area contributed by atoms with E-state index in [1.54, 1.807) is 18.2 Å². The summed E-state index contributed by atoms with van der Waals surface area (Å²) in [6, 6.07) is 12.1. The number of benzene rings is 2. The van der Waals surface area contributed by atoms with Gasteiger partial charge in [-0.3, -0.25) is 0 Å². The van der Waals surface area contributed by atoms with Crippen molar-refractivity contribution >= 4 is 0 Å². The van der Waals surface area contributed by atoms with Crippen LogP contribution in [0.5, 0.6) is 0 Å². The van der Waals surface area contributed by atoms with Crippen molar-refractivity contribution in [1.82, 2.24) is 0 Å². The van der Waals surface area contributed by atoms with Crippen LogP contribution in [0.25, 0.3) is 11.1 Å². The largest absolute Gasteiger partial charge is 0.416 e. The summed E-state index contributed by atoms with van der Waals surface area (Å²) in [5.41, 5.74) is 1.56. The van der Waals surface area contributed by atoms with Gasteiger partial charge in [0.15, 0.2) is 0 Å². The fourth-order valence-corrected chi connectivity index (χ4v) is 1.64. The number of hydrogen-bond acceptors (Lipinski definition) is 0. The Morgan fingerprint density at radius 2 is 1.56 bits per heavy atom. The first-order chi connectivity index (χ1) is 8.50. The van der Waals surface area contributed by atoms with E-state index in [4.69, 9.17) is 6.42 Å². The van der Waals surface area contributed by atoms with E-state index in [1.165, 1.54) is 12.1 Å². The van der Waals surface area contributed by atoms with Gasteiger partial charge >= 0.3 is 6.18 Å². The predicted octanol–water partition coefficient (Wildman–Crippen LogP) is 4.35. The Balaban J connectivity index is 2.38. The van der Waals surface area contributed by atoms with Crippen molar-refractivity contribution in [3.63, 3.8) is 0 Å². The normalized spacial score (nSPS) is 11.0. The average molecular weight is 246 g/mol. The SMILES string of the molecule is C#Cc1cccc(-c2ccc(C(F)(F)F)cc2)c1. The van der Waals surface area contributed by atoms with E-state index >= 15 is 0 Å². The Bertz CT molecular complexity index is 586. The molecule has 2 aromatic carbocycles. The van der Waals surface area contributed by atoms with Gasteiger partial charge in [-0.2, -0.15) is 13.2 Å². The van der Waals surface area contributed by atoms with Crippen LogP contribution in [0, 0.1) is 12.3 Å². The number of terminal acetylenes is 1. The van der Waals surface area contributed by atoms with Gasteiger partial charge in [0, 0.05) is 5.56 Å². The van der Waals surface area contributed by atoms with Gasteiger partial charge in [0.05, 0.1) is 5.56 Å². The van der Waals surface area contributed by atoms with Gasteiger partial charge in [0.1, 0.15) is 0 Å². The van der Waals surface area contributed by atoms with E-state index in [2.05, 4.69) is 5.92 Å². The maximum atomic E-state index is 12.4. The molecule has 0 spiro atoms. The molecule has 0 nitrogen and oxygen atoms in total. The maximum Gasteiger partial charge on any atom is 0.416 e. The monoisotopic (exact) mass is 246 g/mol. The van der Waals surface area contributed by atoms with Crippen LogP contribution in [0.15, 0.2) is 48.5 Å². The Labute approximate surface area is 103 Å². The highest BCUT2D eigenvalue weighted by atomic mass is 19.4. The van der Waals surface area contributed by atoms with Crippen LogP contribution >= 0.6 is 0 Å². The minimum Gasteiger partial charge on any atom is -0.166 e. The van der Waals surface area contributed by atoms with E-state index in [0.717, 1.165) is 17.7 Å². The van der Waals surface area contributed by atoms with E-state index in [0.29, 0.717) is 11.1 Å².